The molecule has 1 fully saturated rings. The first-order valence-electron chi connectivity index (χ1n) is 11.5. The van der Waals surface area contributed by atoms with Gasteiger partial charge in [-0.05, 0) is 86.4 Å². The number of fused-ring (bicyclic) bond motifs is 1. The van der Waals surface area contributed by atoms with E-state index in [1.54, 1.807) is 11.8 Å². The van der Waals surface area contributed by atoms with Gasteiger partial charge in [-0.15, -0.1) is 0 Å². The zero-order chi connectivity index (χ0) is 21.8. The number of amides is 2. The van der Waals surface area contributed by atoms with Crippen molar-refractivity contribution in [3.8, 4) is 5.75 Å². The highest BCUT2D eigenvalue weighted by Gasteiger charge is 2.26. The molecule has 2 aromatic rings. The van der Waals surface area contributed by atoms with Crippen LogP contribution >= 0.6 is 0 Å². The Bertz CT molecular complexity index is 930. The van der Waals surface area contributed by atoms with E-state index >= 15 is 0 Å². The van der Waals surface area contributed by atoms with Crippen LogP contribution in [0.5, 0.6) is 5.75 Å². The molecule has 2 aromatic carbocycles. The molecule has 0 N–H and O–H groups in total. The maximum absolute atomic E-state index is 13.0. The Labute approximate surface area is 185 Å². The Balaban J connectivity index is 1.28. The summed E-state index contributed by atoms with van der Waals surface area (Å²) in [6.07, 6.45) is 5.18. The van der Waals surface area contributed by atoms with Crippen molar-refractivity contribution in [1.29, 1.82) is 0 Å². The van der Waals surface area contributed by atoms with E-state index in [1.165, 1.54) is 5.56 Å². The Hall–Kier alpha value is -2.82. The molecule has 2 amide bonds. The molecule has 0 bridgehead atoms. The molecule has 4 rings (SSSR count). The lowest BCUT2D eigenvalue weighted by Crippen LogP contribution is -2.38. The van der Waals surface area contributed by atoms with Crippen molar-refractivity contribution >= 4 is 17.5 Å². The molecule has 0 atom stereocenters. The first-order chi connectivity index (χ1) is 15.0. The second-order valence-corrected chi connectivity index (χ2v) is 8.62. The van der Waals surface area contributed by atoms with Crippen molar-refractivity contribution in [2.75, 3.05) is 31.1 Å². The molecule has 0 unspecified atom stereocenters. The van der Waals surface area contributed by atoms with Crippen LogP contribution in [-0.4, -0.2) is 43.0 Å². The lowest BCUT2D eigenvalue weighted by atomic mass is 9.90. The minimum Gasteiger partial charge on any atom is -0.494 e. The summed E-state index contributed by atoms with van der Waals surface area (Å²) in [4.78, 5) is 28.5. The fourth-order valence-electron chi connectivity index (χ4n) is 4.76. The van der Waals surface area contributed by atoms with Crippen LogP contribution in [0.4, 0.5) is 5.69 Å². The van der Waals surface area contributed by atoms with Crippen LogP contribution in [-0.2, 0) is 17.6 Å². The number of likely N-dealkylation sites (tertiary alicyclic amines) is 1. The number of carbonyl (C=O) groups excluding carboxylic acids is 2. The van der Waals surface area contributed by atoms with Crippen molar-refractivity contribution in [3.05, 3.63) is 59.2 Å². The molecule has 5 heteroatoms. The molecule has 2 aliphatic heterocycles. The van der Waals surface area contributed by atoms with E-state index < -0.39 is 0 Å². The molecule has 1 saturated heterocycles. The van der Waals surface area contributed by atoms with Crippen molar-refractivity contribution in [2.24, 2.45) is 5.92 Å². The third-order valence-electron chi connectivity index (χ3n) is 6.58. The van der Waals surface area contributed by atoms with Crippen molar-refractivity contribution in [3.63, 3.8) is 0 Å². The number of piperidine rings is 1. The van der Waals surface area contributed by atoms with Gasteiger partial charge in [0.15, 0.2) is 0 Å². The van der Waals surface area contributed by atoms with Gasteiger partial charge in [0, 0.05) is 37.8 Å². The number of ether oxygens (including phenoxy) is 1. The number of rotatable bonds is 6. The molecule has 0 aromatic heterocycles. The fraction of sp³-hybridized carbons (Fsp3) is 0.462. The number of hydrogen-bond donors (Lipinski definition) is 0. The van der Waals surface area contributed by atoms with Gasteiger partial charge >= 0.3 is 0 Å². The molecule has 31 heavy (non-hydrogen) atoms. The van der Waals surface area contributed by atoms with Gasteiger partial charge in [-0.25, -0.2) is 0 Å². The third kappa shape index (κ3) is 4.92. The Morgan fingerprint density at radius 2 is 1.77 bits per heavy atom. The second kappa shape index (κ2) is 9.54. The molecular formula is C26H32N2O3. The van der Waals surface area contributed by atoms with Crippen LogP contribution < -0.4 is 9.64 Å². The van der Waals surface area contributed by atoms with Crippen LogP contribution in [0.1, 0.15) is 54.6 Å². The maximum atomic E-state index is 13.0. The van der Waals surface area contributed by atoms with Crippen molar-refractivity contribution in [1.82, 2.24) is 4.90 Å². The molecule has 0 spiro atoms. The molecule has 2 aliphatic rings. The summed E-state index contributed by atoms with van der Waals surface area (Å²) < 4.78 is 5.51. The predicted octanol–water partition coefficient (Wildman–Crippen LogP) is 4.48. The minimum absolute atomic E-state index is 0.0603. The minimum atomic E-state index is 0.0603. The summed E-state index contributed by atoms with van der Waals surface area (Å²) in [6, 6.07) is 14.2. The van der Waals surface area contributed by atoms with Gasteiger partial charge in [0.25, 0.3) is 5.91 Å². The lowest BCUT2D eigenvalue weighted by molar-refractivity contribution is -0.116. The number of carbonyl (C=O) groups is 2. The van der Waals surface area contributed by atoms with E-state index in [9.17, 15) is 9.59 Å². The lowest BCUT2D eigenvalue weighted by Gasteiger charge is -2.32. The zero-order valence-corrected chi connectivity index (χ0v) is 18.6. The molecule has 164 valence electrons. The van der Waals surface area contributed by atoms with Gasteiger partial charge in [-0.3, -0.25) is 9.59 Å². The topological polar surface area (TPSA) is 49.9 Å². The van der Waals surface area contributed by atoms with E-state index in [2.05, 4.69) is 12.1 Å². The Morgan fingerprint density at radius 3 is 2.45 bits per heavy atom. The summed E-state index contributed by atoms with van der Waals surface area (Å²) in [5.41, 5.74) is 4.15. The standard InChI is InChI=1S/C26H32N2O3/c1-3-31-24-9-6-20(7-10-24)4-5-21-12-15-27(16-13-21)26(30)23-8-11-25-22(18-23)14-17-28(25)19(2)29/h6-11,18,21H,3-5,12-17H2,1-2H3. The van der Waals surface area contributed by atoms with E-state index in [0.717, 1.165) is 67.8 Å². The third-order valence-corrected chi connectivity index (χ3v) is 6.58. The SMILES string of the molecule is CCOc1ccc(CCC2CCN(C(=O)c3ccc4c(c3)CCN4C(C)=O)CC2)cc1. The fourth-order valence-corrected chi connectivity index (χ4v) is 4.76. The smallest absolute Gasteiger partial charge is 0.253 e. The van der Waals surface area contributed by atoms with Crippen LogP contribution in [0.15, 0.2) is 42.5 Å². The highest BCUT2D eigenvalue weighted by Crippen LogP contribution is 2.30. The molecule has 5 nitrogen and oxygen atoms in total. The molecule has 0 radical (unpaired) electrons. The molecule has 2 heterocycles. The van der Waals surface area contributed by atoms with Gasteiger partial charge in [-0.1, -0.05) is 12.1 Å². The van der Waals surface area contributed by atoms with Gasteiger partial charge in [0.1, 0.15) is 5.75 Å². The first kappa shape index (κ1) is 21.4. The number of aryl methyl sites for hydroxylation is 1. The van der Waals surface area contributed by atoms with Gasteiger partial charge in [0.2, 0.25) is 5.91 Å². The van der Waals surface area contributed by atoms with Crippen LogP contribution in [0.2, 0.25) is 0 Å². The monoisotopic (exact) mass is 420 g/mol. The van der Waals surface area contributed by atoms with Crippen molar-refractivity contribution < 1.29 is 14.3 Å². The Morgan fingerprint density at radius 1 is 1.03 bits per heavy atom. The van der Waals surface area contributed by atoms with E-state index in [1.807, 2.05) is 42.2 Å². The average Bonchev–Trinajstić information content (AvgIpc) is 3.22. The van der Waals surface area contributed by atoms with E-state index in [4.69, 9.17) is 4.74 Å². The van der Waals surface area contributed by atoms with E-state index in [0.29, 0.717) is 19.1 Å². The number of benzene rings is 2. The van der Waals surface area contributed by atoms with Crippen molar-refractivity contribution in [2.45, 2.75) is 46.0 Å². The molecular weight excluding hydrogens is 388 g/mol. The number of anilines is 1. The summed E-state index contributed by atoms with van der Waals surface area (Å²) in [5.74, 6) is 1.78. The van der Waals surface area contributed by atoms with Crippen LogP contribution in [0.25, 0.3) is 0 Å². The highest BCUT2D eigenvalue weighted by atomic mass is 16.5. The quantitative estimate of drug-likeness (QED) is 0.692. The second-order valence-electron chi connectivity index (χ2n) is 8.62. The van der Waals surface area contributed by atoms with Gasteiger partial charge < -0.3 is 14.5 Å². The summed E-state index contributed by atoms with van der Waals surface area (Å²) >= 11 is 0. The van der Waals surface area contributed by atoms with Crippen LogP contribution in [0, 0.1) is 5.92 Å². The largest absolute Gasteiger partial charge is 0.494 e. The highest BCUT2D eigenvalue weighted by molar-refractivity contribution is 5.97. The summed E-state index contributed by atoms with van der Waals surface area (Å²) in [6.45, 7) is 6.64. The van der Waals surface area contributed by atoms with E-state index in [-0.39, 0.29) is 11.8 Å². The molecule has 0 aliphatic carbocycles. The average molecular weight is 421 g/mol. The predicted molar refractivity (Wildman–Crippen MR) is 123 cm³/mol. The summed E-state index contributed by atoms with van der Waals surface area (Å²) in [7, 11) is 0. The number of nitrogens with zero attached hydrogens (tertiary/aromatic N) is 2. The zero-order valence-electron chi connectivity index (χ0n) is 18.6. The first-order valence-corrected chi connectivity index (χ1v) is 11.5. The van der Waals surface area contributed by atoms with Gasteiger partial charge in [0.05, 0.1) is 6.61 Å². The molecule has 0 saturated carbocycles. The maximum Gasteiger partial charge on any atom is 0.253 e. The summed E-state index contributed by atoms with van der Waals surface area (Å²) in [5, 5.41) is 0. The normalized spacial score (nSPS) is 16.3. The number of hydrogen-bond acceptors (Lipinski definition) is 3. The van der Waals surface area contributed by atoms with Gasteiger partial charge in [-0.2, -0.15) is 0 Å². The Kier molecular flexibility index (Phi) is 6.59. The van der Waals surface area contributed by atoms with Crippen LogP contribution in [0.3, 0.4) is 0 Å².